The van der Waals surface area contributed by atoms with Crippen molar-refractivity contribution in [2.24, 2.45) is 0 Å². The quantitative estimate of drug-likeness (QED) is 0.634. The molecule has 144 valence electrons. The highest BCUT2D eigenvalue weighted by Gasteiger charge is 2.09. The van der Waals surface area contributed by atoms with E-state index in [0.717, 1.165) is 22.8 Å². The van der Waals surface area contributed by atoms with Crippen molar-refractivity contribution in [2.75, 3.05) is 36.2 Å². The normalized spacial score (nSPS) is 10.2. The molecule has 0 saturated carbocycles. The molecule has 0 spiro atoms. The Hall–Kier alpha value is -3.54. The molecule has 3 rings (SSSR count). The van der Waals surface area contributed by atoms with E-state index in [4.69, 9.17) is 4.74 Å². The molecule has 3 aromatic rings. The van der Waals surface area contributed by atoms with Crippen molar-refractivity contribution >= 4 is 28.7 Å². The van der Waals surface area contributed by atoms with Gasteiger partial charge in [0.2, 0.25) is 0 Å². The zero-order chi connectivity index (χ0) is 19.9. The standard InChI is InChI=1S/C22H24N4O2/c1-4-28-21-8-6-5-7-20(21)24-18-13-16(14-23-15-18)22(27)25-17-9-11-19(12-10-17)26(2)3/h5-15,24H,4H2,1-3H3,(H,25,27). The molecule has 2 aromatic carbocycles. The van der Waals surface area contributed by atoms with Crippen molar-refractivity contribution in [3.05, 3.63) is 72.6 Å². The number of ether oxygens (including phenoxy) is 1. The topological polar surface area (TPSA) is 66.5 Å². The van der Waals surface area contributed by atoms with Crippen LogP contribution in [0.1, 0.15) is 17.3 Å². The van der Waals surface area contributed by atoms with Gasteiger partial charge in [0.15, 0.2) is 0 Å². The van der Waals surface area contributed by atoms with Gasteiger partial charge in [-0.15, -0.1) is 0 Å². The van der Waals surface area contributed by atoms with E-state index in [1.807, 2.05) is 74.4 Å². The summed E-state index contributed by atoms with van der Waals surface area (Å²) in [6.45, 7) is 2.51. The molecule has 0 atom stereocenters. The maximum atomic E-state index is 12.6. The van der Waals surface area contributed by atoms with Crippen molar-refractivity contribution in [1.82, 2.24) is 4.98 Å². The molecular weight excluding hydrogens is 352 g/mol. The Morgan fingerprint density at radius 1 is 1.04 bits per heavy atom. The third-order valence-electron chi connectivity index (χ3n) is 4.11. The lowest BCUT2D eigenvalue weighted by molar-refractivity contribution is 0.102. The van der Waals surface area contributed by atoms with E-state index in [0.29, 0.717) is 17.9 Å². The molecule has 2 N–H and O–H groups in total. The van der Waals surface area contributed by atoms with Crippen LogP contribution in [-0.2, 0) is 0 Å². The van der Waals surface area contributed by atoms with E-state index in [-0.39, 0.29) is 5.91 Å². The molecule has 28 heavy (non-hydrogen) atoms. The van der Waals surface area contributed by atoms with Gasteiger partial charge >= 0.3 is 0 Å². The fraction of sp³-hybridized carbons (Fsp3) is 0.182. The third-order valence-corrected chi connectivity index (χ3v) is 4.11. The first-order valence-electron chi connectivity index (χ1n) is 9.09. The van der Waals surface area contributed by atoms with Crippen LogP contribution < -0.4 is 20.3 Å². The van der Waals surface area contributed by atoms with E-state index in [1.165, 1.54) is 0 Å². The van der Waals surface area contributed by atoms with Crippen LogP contribution in [0.25, 0.3) is 0 Å². The summed E-state index contributed by atoms with van der Waals surface area (Å²) in [4.78, 5) is 18.8. The second kappa shape index (κ2) is 8.90. The van der Waals surface area contributed by atoms with Gasteiger partial charge in [-0.1, -0.05) is 12.1 Å². The monoisotopic (exact) mass is 376 g/mol. The Balaban J connectivity index is 1.73. The summed E-state index contributed by atoms with van der Waals surface area (Å²) in [5.41, 5.74) is 3.80. The average Bonchev–Trinajstić information content (AvgIpc) is 2.70. The van der Waals surface area contributed by atoms with Gasteiger partial charge in [0.25, 0.3) is 5.91 Å². The Morgan fingerprint density at radius 3 is 2.50 bits per heavy atom. The van der Waals surface area contributed by atoms with Gasteiger partial charge in [0.1, 0.15) is 5.75 Å². The first-order valence-corrected chi connectivity index (χ1v) is 9.09. The van der Waals surface area contributed by atoms with Gasteiger partial charge in [-0.3, -0.25) is 9.78 Å². The molecular formula is C22H24N4O2. The zero-order valence-corrected chi connectivity index (χ0v) is 16.3. The van der Waals surface area contributed by atoms with Crippen molar-refractivity contribution in [3.63, 3.8) is 0 Å². The van der Waals surface area contributed by atoms with Crippen LogP contribution in [0.15, 0.2) is 67.0 Å². The Morgan fingerprint density at radius 2 is 1.79 bits per heavy atom. The Labute approximate surface area is 165 Å². The summed E-state index contributed by atoms with van der Waals surface area (Å²) in [5.74, 6) is 0.535. The molecule has 0 unspecified atom stereocenters. The average molecular weight is 376 g/mol. The van der Waals surface area contributed by atoms with Crippen LogP contribution in [-0.4, -0.2) is 31.6 Å². The lowest BCUT2D eigenvalue weighted by Gasteiger charge is -2.14. The number of hydrogen-bond donors (Lipinski definition) is 2. The number of carbonyl (C=O) groups excluding carboxylic acids is 1. The molecule has 0 aliphatic heterocycles. The van der Waals surface area contributed by atoms with Gasteiger partial charge in [-0.25, -0.2) is 0 Å². The lowest BCUT2D eigenvalue weighted by atomic mass is 10.2. The minimum absolute atomic E-state index is 0.216. The van der Waals surface area contributed by atoms with Crippen molar-refractivity contribution < 1.29 is 9.53 Å². The summed E-state index contributed by atoms with van der Waals surface area (Å²) in [6, 6.07) is 17.1. The van der Waals surface area contributed by atoms with Crippen molar-refractivity contribution in [1.29, 1.82) is 0 Å². The van der Waals surface area contributed by atoms with Gasteiger partial charge < -0.3 is 20.3 Å². The molecule has 0 aliphatic rings. The zero-order valence-electron chi connectivity index (χ0n) is 16.3. The second-order valence-electron chi connectivity index (χ2n) is 6.41. The molecule has 0 bridgehead atoms. The van der Waals surface area contributed by atoms with Gasteiger partial charge in [-0.2, -0.15) is 0 Å². The van der Waals surface area contributed by atoms with E-state index in [9.17, 15) is 4.79 Å². The summed E-state index contributed by atoms with van der Waals surface area (Å²) in [6.07, 6.45) is 3.22. The van der Waals surface area contributed by atoms with Crippen molar-refractivity contribution in [2.45, 2.75) is 6.92 Å². The summed E-state index contributed by atoms with van der Waals surface area (Å²) < 4.78 is 5.63. The van der Waals surface area contributed by atoms with Crippen LogP contribution in [0.4, 0.5) is 22.7 Å². The first-order chi connectivity index (χ1) is 13.6. The van der Waals surface area contributed by atoms with Crippen LogP contribution in [0.3, 0.4) is 0 Å². The lowest BCUT2D eigenvalue weighted by Crippen LogP contribution is -2.13. The second-order valence-corrected chi connectivity index (χ2v) is 6.41. The number of amides is 1. The summed E-state index contributed by atoms with van der Waals surface area (Å²) >= 11 is 0. The highest BCUT2D eigenvalue weighted by Crippen LogP contribution is 2.27. The van der Waals surface area contributed by atoms with E-state index >= 15 is 0 Å². The molecule has 0 radical (unpaired) electrons. The van der Waals surface area contributed by atoms with E-state index in [1.54, 1.807) is 18.5 Å². The highest BCUT2D eigenvalue weighted by atomic mass is 16.5. The van der Waals surface area contributed by atoms with Crippen LogP contribution in [0, 0.1) is 0 Å². The maximum absolute atomic E-state index is 12.6. The van der Waals surface area contributed by atoms with E-state index < -0.39 is 0 Å². The van der Waals surface area contributed by atoms with Crippen LogP contribution in [0.2, 0.25) is 0 Å². The number of anilines is 4. The largest absolute Gasteiger partial charge is 0.492 e. The molecule has 0 aliphatic carbocycles. The number of benzene rings is 2. The Kier molecular flexibility index (Phi) is 6.11. The van der Waals surface area contributed by atoms with Gasteiger partial charge in [0, 0.05) is 31.7 Å². The van der Waals surface area contributed by atoms with Crippen molar-refractivity contribution in [3.8, 4) is 5.75 Å². The van der Waals surface area contributed by atoms with Gasteiger partial charge in [-0.05, 0) is 49.4 Å². The predicted octanol–water partition coefficient (Wildman–Crippen LogP) is 4.54. The molecule has 0 fully saturated rings. The Bertz CT molecular complexity index is 939. The fourth-order valence-corrected chi connectivity index (χ4v) is 2.69. The number of carbonyl (C=O) groups is 1. The number of para-hydroxylation sites is 2. The van der Waals surface area contributed by atoms with Gasteiger partial charge in [0.05, 0.1) is 29.7 Å². The number of aromatic nitrogens is 1. The molecule has 6 nitrogen and oxygen atoms in total. The third kappa shape index (κ3) is 4.79. The number of hydrogen-bond acceptors (Lipinski definition) is 5. The minimum atomic E-state index is -0.216. The maximum Gasteiger partial charge on any atom is 0.257 e. The number of rotatable bonds is 7. The number of nitrogens with zero attached hydrogens (tertiary/aromatic N) is 2. The molecule has 6 heteroatoms. The smallest absolute Gasteiger partial charge is 0.257 e. The summed E-state index contributed by atoms with van der Waals surface area (Å²) in [7, 11) is 3.95. The fourth-order valence-electron chi connectivity index (χ4n) is 2.69. The van der Waals surface area contributed by atoms with Crippen LogP contribution >= 0.6 is 0 Å². The minimum Gasteiger partial charge on any atom is -0.492 e. The van der Waals surface area contributed by atoms with E-state index in [2.05, 4.69) is 15.6 Å². The number of nitrogens with one attached hydrogen (secondary N) is 2. The number of pyridine rings is 1. The SMILES string of the molecule is CCOc1ccccc1Nc1cncc(C(=O)Nc2ccc(N(C)C)cc2)c1. The first kappa shape index (κ1) is 19.2. The van der Waals surface area contributed by atoms with Crippen LogP contribution in [0.5, 0.6) is 5.75 Å². The predicted molar refractivity (Wildman–Crippen MR) is 114 cm³/mol. The molecule has 1 amide bonds. The molecule has 1 aromatic heterocycles. The molecule has 0 saturated heterocycles. The summed E-state index contributed by atoms with van der Waals surface area (Å²) in [5, 5.41) is 6.16. The molecule has 1 heterocycles. The highest BCUT2D eigenvalue weighted by molar-refractivity contribution is 6.04.